The molecule has 92 valence electrons. The third-order valence-electron chi connectivity index (χ3n) is 1.63. The highest BCUT2D eigenvalue weighted by atomic mass is 16.5. The van der Waals surface area contributed by atoms with E-state index in [0.29, 0.717) is 19.6 Å². The molecule has 2 N–H and O–H groups in total. The Morgan fingerprint density at radius 3 is 2.20 bits per heavy atom. The van der Waals surface area contributed by atoms with E-state index in [1.54, 1.807) is 7.11 Å². The van der Waals surface area contributed by atoms with Gasteiger partial charge in [0.25, 0.3) is 0 Å². The van der Waals surface area contributed by atoms with Crippen molar-refractivity contribution in [1.29, 1.82) is 0 Å². The minimum atomic E-state index is -0.306. The standard InChI is InChI=1S/C9H19NO3.C2H6/c1-12-6-3-2-4-7-13-8-5-9(10)11;1-2/h2-8H2,1H3,(H2,10,11);1-2H3. The van der Waals surface area contributed by atoms with Crippen LogP contribution in [0.3, 0.4) is 0 Å². The summed E-state index contributed by atoms with van der Waals surface area (Å²) in [5.41, 5.74) is 4.94. The van der Waals surface area contributed by atoms with Crippen molar-refractivity contribution in [2.24, 2.45) is 5.73 Å². The van der Waals surface area contributed by atoms with Crippen LogP contribution in [0.1, 0.15) is 39.5 Å². The van der Waals surface area contributed by atoms with Gasteiger partial charge in [-0.15, -0.1) is 0 Å². The molecule has 0 spiro atoms. The maximum Gasteiger partial charge on any atom is 0.219 e. The second kappa shape index (κ2) is 15.8. The molecule has 0 saturated heterocycles. The zero-order valence-corrected chi connectivity index (χ0v) is 10.3. The van der Waals surface area contributed by atoms with E-state index in [1.165, 1.54) is 0 Å². The molecule has 0 aliphatic carbocycles. The first-order chi connectivity index (χ1) is 7.27. The number of ether oxygens (including phenoxy) is 2. The highest BCUT2D eigenvalue weighted by Gasteiger charge is 1.94. The van der Waals surface area contributed by atoms with E-state index in [4.69, 9.17) is 15.2 Å². The molecule has 0 rings (SSSR count). The summed E-state index contributed by atoms with van der Waals surface area (Å²) in [7, 11) is 1.70. The van der Waals surface area contributed by atoms with Gasteiger partial charge in [0, 0.05) is 26.7 Å². The second-order valence-electron chi connectivity index (χ2n) is 2.88. The summed E-state index contributed by atoms with van der Waals surface area (Å²) < 4.78 is 10.1. The first kappa shape index (κ1) is 16.8. The minimum Gasteiger partial charge on any atom is -0.385 e. The number of carbonyl (C=O) groups is 1. The van der Waals surface area contributed by atoms with E-state index in [0.717, 1.165) is 25.9 Å². The summed E-state index contributed by atoms with van der Waals surface area (Å²) in [5, 5.41) is 0. The van der Waals surface area contributed by atoms with Gasteiger partial charge in [0.2, 0.25) is 5.91 Å². The lowest BCUT2D eigenvalue weighted by molar-refractivity contribution is -0.119. The SMILES string of the molecule is CC.COCCCCCOCCC(N)=O. The molecule has 0 unspecified atom stereocenters. The summed E-state index contributed by atoms with van der Waals surface area (Å²) in [6, 6.07) is 0. The number of hydrogen-bond donors (Lipinski definition) is 1. The Balaban J connectivity index is 0. The number of hydrogen-bond acceptors (Lipinski definition) is 3. The summed E-state index contributed by atoms with van der Waals surface area (Å²) in [4.78, 5) is 10.3. The molecule has 0 fully saturated rings. The van der Waals surface area contributed by atoms with Gasteiger partial charge in [-0.3, -0.25) is 4.79 Å². The Morgan fingerprint density at radius 1 is 1.07 bits per heavy atom. The third-order valence-corrected chi connectivity index (χ3v) is 1.63. The molecule has 0 aromatic heterocycles. The monoisotopic (exact) mass is 219 g/mol. The third kappa shape index (κ3) is 19.7. The molecular weight excluding hydrogens is 194 g/mol. The van der Waals surface area contributed by atoms with Crippen LogP contribution in [-0.2, 0) is 14.3 Å². The fraction of sp³-hybridized carbons (Fsp3) is 0.909. The van der Waals surface area contributed by atoms with Gasteiger partial charge in [0.05, 0.1) is 6.61 Å². The molecule has 0 heterocycles. The van der Waals surface area contributed by atoms with Gasteiger partial charge in [-0.05, 0) is 19.3 Å². The minimum absolute atomic E-state index is 0.306. The first-order valence-electron chi connectivity index (χ1n) is 5.62. The molecule has 4 nitrogen and oxygen atoms in total. The lowest BCUT2D eigenvalue weighted by atomic mass is 10.2. The maximum atomic E-state index is 10.3. The van der Waals surface area contributed by atoms with E-state index >= 15 is 0 Å². The number of unbranched alkanes of at least 4 members (excludes halogenated alkanes) is 2. The molecule has 0 bridgehead atoms. The molecule has 15 heavy (non-hydrogen) atoms. The van der Waals surface area contributed by atoms with Crippen molar-refractivity contribution in [3.05, 3.63) is 0 Å². The van der Waals surface area contributed by atoms with Crippen molar-refractivity contribution in [1.82, 2.24) is 0 Å². The van der Waals surface area contributed by atoms with Crippen LogP contribution < -0.4 is 5.73 Å². The quantitative estimate of drug-likeness (QED) is 0.601. The fourth-order valence-electron chi connectivity index (χ4n) is 0.902. The van der Waals surface area contributed by atoms with Crippen LogP contribution in [0, 0.1) is 0 Å². The molecule has 0 atom stereocenters. The zero-order valence-electron chi connectivity index (χ0n) is 10.3. The summed E-state index contributed by atoms with van der Waals surface area (Å²) >= 11 is 0. The van der Waals surface area contributed by atoms with E-state index in [2.05, 4.69) is 0 Å². The van der Waals surface area contributed by atoms with Crippen molar-refractivity contribution < 1.29 is 14.3 Å². The van der Waals surface area contributed by atoms with E-state index in [9.17, 15) is 4.79 Å². The predicted octanol–water partition coefficient (Wildman–Crippen LogP) is 1.72. The Kier molecular flexibility index (Phi) is 17.8. The average Bonchev–Trinajstić information content (AvgIpc) is 2.24. The predicted molar refractivity (Wildman–Crippen MR) is 61.7 cm³/mol. The molecular formula is C11H25NO3. The van der Waals surface area contributed by atoms with Crippen molar-refractivity contribution in [2.45, 2.75) is 39.5 Å². The molecule has 4 heteroatoms. The van der Waals surface area contributed by atoms with E-state index < -0.39 is 0 Å². The normalized spacial score (nSPS) is 9.27. The van der Waals surface area contributed by atoms with Gasteiger partial charge in [0.15, 0.2) is 0 Å². The second-order valence-corrected chi connectivity index (χ2v) is 2.88. The number of carbonyl (C=O) groups excluding carboxylic acids is 1. The van der Waals surface area contributed by atoms with Crippen LogP contribution in [0.4, 0.5) is 0 Å². The average molecular weight is 219 g/mol. The Hall–Kier alpha value is -0.610. The smallest absolute Gasteiger partial charge is 0.219 e. The van der Waals surface area contributed by atoms with Gasteiger partial charge in [-0.2, -0.15) is 0 Å². The van der Waals surface area contributed by atoms with Gasteiger partial charge < -0.3 is 15.2 Å². The Bertz CT molecular complexity index is 129. The summed E-state index contributed by atoms with van der Waals surface area (Å²) in [6.45, 7) is 5.96. The van der Waals surface area contributed by atoms with Gasteiger partial charge >= 0.3 is 0 Å². The van der Waals surface area contributed by atoms with Gasteiger partial charge in [-0.1, -0.05) is 13.8 Å². The van der Waals surface area contributed by atoms with Crippen LogP contribution in [-0.4, -0.2) is 32.8 Å². The molecule has 0 aromatic rings. The lowest BCUT2D eigenvalue weighted by Gasteiger charge is -2.02. The van der Waals surface area contributed by atoms with Gasteiger partial charge in [-0.25, -0.2) is 0 Å². The fourth-order valence-corrected chi connectivity index (χ4v) is 0.902. The van der Waals surface area contributed by atoms with Crippen molar-refractivity contribution >= 4 is 5.91 Å². The Labute approximate surface area is 93.1 Å². The Morgan fingerprint density at radius 2 is 1.67 bits per heavy atom. The van der Waals surface area contributed by atoms with Crippen molar-refractivity contribution in [2.75, 3.05) is 26.9 Å². The number of rotatable bonds is 9. The number of amides is 1. The highest BCUT2D eigenvalue weighted by Crippen LogP contribution is 1.96. The number of nitrogens with two attached hydrogens (primary N) is 1. The first-order valence-corrected chi connectivity index (χ1v) is 5.62. The summed E-state index contributed by atoms with van der Waals surface area (Å²) in [6.07, 6.45) is 3.50. The molecule has 0 radical (unpaired) electrons. The molecule has 0 saturated carbocycles. The number of primary amides is 1. The highest BCUT2D eigenvalue weighted by molar-refractivity contribution is 5.73. The largest absolute Gasteiger partial charge is 0.385 e. The van der Waals surface area contributed by atoms with E-state index in [-0.39, 0.29) is 5.91 Å². The molecule has 0 aliphatic rings. The van der Waals surface area contributed by atoms with Crippen LogP contribution in [0.25, 0.3) is 0 Å². The van der Waals surface area contributed by atoms with Crippen LogP contribution in [0.2, 0.25) is 0 Å². The molecule has 1 amide bonds. The van der Waals surface area contributed by atoms with Crippen molar-refractivity contribution in [3.8, 4) is 0 Å². The summed E-state index contributed by atoms with van der Waals surface area (Å²) in [5.74, 6) is -0.306. The van der Waals surface area contributed by atoms with Gasteiger partial charge in [0.1, 0.15) is 0 Å². The topological polar surface area (TPSA) is 61.6 Å². The van der Waals surface area contributed by atoms with Crippen LogP contribution in [0.5, 0.6) is 0 Å². The lowest BCUT2D eigenvalue weighted by Crippen LogP contribution is -2.13. The maximum absolute atomic E-state index is 10.3. The van der Waals surface area contributed by atoms with Crippen LogP contribution in [0.15, 0.2) is 0 Å². The number of methoxy groups -OCH3 is 1. The zero-order chi connectivity index (χ0) is 11.9. The van der Waals surface area contributed by atoms with Crippen LogP contribution >= 0.6 is 0 Å². The van der Waals surface area contributed by atoms with E-state index in [1.807, 2.05) is 13.8 Å². The molecule has 0 aromatic carbocycles. The molecule has 0 aliphatic heterocycles. The van der Waals surface area contributed by atoms with Crippen molar-refractivity contribution in [3.63, 3.8) is 0 Å².